The van der Waals surface area contributed by atoms with Crippen LogP contribution in [0.4, 0.5) is 5.69 Å². The molecule has 4 nitrogen and oxygen atoms in total. The molecule has 0 aliphatic rings. The molecule has 0 radical (unpaired) electrons. The van der Waals surface area contributed by atoms with E-state index >= 15 is 0 Å². The van der Waals surface area contributed by atoms with Gasteiger partial charge in [0.25, 0.3) is 0 Å². The first kappa shape index (κ1) is 15.1. The molecule has 0 spiro atoms. The number of anilines is 1. The molecule has 1 heterocycles. The number of hydrogen-bond donors (Lipinski definition) is 1. The van der Waals surface area contributed by atoms with Gasteiger partial charge in [0.2, 0.25) is 5.91 Å². The van der Waals surface area contributed by atoms with Crippen molar-refractivity contribution in [3.8, 4) is 6.07 Å². The van der Waals surface area contributed by atoms with Crippen molar-refractivity contribution in [3.63, 3.8) is 0 Å². The number of nitrogens with zero attached hydrogens (tertiary/aromatic N) is 2. The van der Waals surface area contributed by atoms with Crippen LogP contribution < -0.4 is 5.32 Å². The summed E-state index contributed by atoms with van der Waals surface area (Å²) in [7, 11) is 0. The van der Waals surface area contributed by atoms with Crippen molar-refractivity contribution in [3.05, 3.63) is 53.2 Å². The van der Waals surface area contributed by atoms with Gasteiger partial charge >= 0.3 is 0 Å². The number of carbonyl (C=O) groups is 1. The van der Waals surface area contributed by atoms with E-state index in [0.717, 1.165) is 16.8 Å². The van der Waals surface area contributed by atoms with Gasteiger partial charge in [-0.15, -0.1) is 0 Å². The first-order valence-corrected chi connectivity index (χ1v) is 7.43. The molecule has 0 aliphatic carbocycles. The van der Waals surface area contributed by atoms with Gasteiger partial charge < -0.3 is 5.32 Å². The molecule has 0 aliphatic heterocycles. The van der Waals surface area contributed by atoms with Gasteiger partial charge in [-0.1, -0.05) is 29.5 Å². The number of aromatic nitrogens is 1. The summed E-state index contributed by atoms with van der Waals surface area (Å²) in [5.74, 6) is 0.112. The van der Waals surface area contributed by atoms with E-state index in [4.69, 9.17) is 5.26 Å². The fraction of sp³-hybridized carbons (Fsp3) is 0.188. The molecule has 0 saturated carbocycles. The summed E-state index contributed by atoms with van der Waals surface area (Å²) in [4.78, 5) is 16.1. The van der Waals surface area contributed by atoms with Crippen molar-refractivity contribution >= 4 is 23.4 Å². The Hall–Kier alpha value is -2.32. The highest BCUT2D eigenvalue weighted by Gasteiger charge is 2.09. The summed E-state index contributed by atoms with van der Waals surface area (Å²) in [5, 5.41) is 12.4. The Morgan fingerprint density at radius 1 is 1.38 bits per heavy atom. The third-order valence-corrected chi connectivity index (χ3v) is 3.89. The number of thioether (sulfide) groups is 1. The first-order valence-electron chi connectivity index (χ1n) is 6.45. The lowest BCUT2D eigenvalue weighted by Crippen LogP contribution is -2.15. The maximum atomic E-state index is 12.0. The lowest BCUT2D eigenvalue weighted by Gasteiger charge is -2.09. The van der Waals surface area contributed by atoms with Crippen LogP contribution in [0, 0.1) is 25.2 Å². The van der Waals surface area contributed by atoms with E-state index < -0.39 is 0 Å². The molecule has 0 atom stereocenters. The van der Waals surface area contributed by atoms with Gasteiger partial charge in [0, 0.05) is 11.9 Å². The SMILES string of the molecule is Cc1ccc(NC(=O)CSc2ncccc2C#N)c(C)c1. The zero-order chi connectivity index (χ0) is 15.2. The molecule has 0 saturated heterocycles. The number of aryl methyl sites for hydroxylation is 2. The number of amides is 1. The third-order valence-electron chi connectivity index (χ3n) is 2.89. The van der Waals surface area contributed by atoms with E-state index in [1.54, 1.807) is 18.3 Å². The van der Waals surface area contributed by atoms with Crippen molar-refractivity contribution in [1.82, 2.24) is 4.98 Å². The lowest BCUT2D eigenvalue weighted by molar-refractivity contribution is -0.113. The molecule has 0 unspecified atom stereocenters. The minimum absolute atomic E-state index is 0.110. The number of hydrogen-bond acceptors (Lipinski definition) is 4. The number of carbonyl (C=O) groups excluding carboxylic acids is 1. The molecular weight excluding hydrogens is 282 g/mol. The van der Waals surface area contributed by atoms with E-state index in [1.165, 1.54) is 11.8 Å². The highest BCUT2D eigenvalue weighted by atomic mass is 32.2. The molecular formula is C16H15N3OS. The molecule has 1 N–H and O–H groups in total. The first-order chi connectivity index (χ1) is 10.1. The Morgan fingerprint density at radius 3 is 2.90 bits per heavy atom. The molecule has 0 bridgehead atoms. The molecule has 21 heavy (non-hydrogen) atoms. The van der Waals surface area contributed by atoms with Crippen LogP contribution in [0.1, 0.15) is 16.7 Å². The maximum absolute atomic E-state index is 12.0. The van der Waals surface area contributed by atoms with E-state index in [1.807, 2.05) is 32.0 Å². The summed E-state index contributed by atoms with van der Waals surface area (Å²) in [6, 6.07) is 11.3. The Kier molecular flexibility index (Phi) is 4.96. The van der Waals surface area contributed by atoms with Crippen molar-refractivity contribution in [2.45, 2.75) is 18.9 Å². The van der Waals surface area contributed by atoms with Crippen molar-refractivity contribution in [2.75, 3.05) is 11.1 Å². The number of rotatable bonds is 4. The fourth-order valence-electron chi connectivity index (χ4n) is 1.86. The summed E-state index contributed by atoms with van der Waals surface area (Å²) in [6.45, 7) is 3.97. The van der Waals surface area contributed by atoms with Gasteiger partial charge in [-0.25, -0.2) is 4.98 Å². The summed E-state index contributed by atoms with van der Waals surface area (Å²) in [6.07, 6.45) is 1.62. The van der Waals surface area contributed by atoms with Crippen LogP contribution in [0.25, 0.3) is 0 Å². The molecule has 2 aromatic rings. The van der Waals surface area contributed by atoms with Crippen LogP contribution in [-0.4, -0.2) is 16.6 Å². The highest BCUT2D eigenvalue weighted by molar-refractivity contribution is 8.00. The Balaban J connectivity index is 1.98. The second-order valence-electron chi connectivity index (χ2n) is 4.62. The predicted octanol–water partition coefficient (Wildman–Crippen LogP) is 3.30. The molecule has 1 aromatic heterocycles. The normalized spacial score (nSPS) is 9.95. The molecule has 106 valence electrons. The van der Waals surface area contributed by atoms with Gasteiger partial charge in [0.1, 0.15) is 11.1 Å². The van der Waals surface area contributed by atoms with Gasteiger partial charge in [0.05, 0.1) is 11.3 Å². The average Bonchev–Trinajstić information content (AvgIpc) is 2.48. The van der Waals surface area contributed by atoms with Gasteiger partial charge in [-0.3, -0.25) is 4.79 Å². The Bertz CT molecular complexity index is 707. The van der Waals surface area contributed by atoms with Crippen LogP contribution in [0.5, 0.6) is 0 Å². The lowest BCUT2D eigenvalue weighted by atomic mass is 10.1. The Morgan fingerprint density at radius 2 is 2.19 bits per heavy atom. The monoisotopic (exact) mass is 297 g/mol. The van der Waals surface area contributed by atoms with E-state index in [-0.39, 0.29) is 11.7 Å². The number of nitriles is 1. The molecule has 2 rings (SSSR count). The maximum Gasteiger partial charge on any atom is 0.234 e. The van der Waals surface area contributed by atoms with Gasteiger partial charge in [-0.05, 0) is 37.6 Å². The topological polar surface area (TPSA) is 65.8 Å². The number of pyridine rings is 1. The van der Waals surface area contributed by atoms with Gasteiger partial charge in [-0.2, -0.15) is 5.26 Å². The van der Waals surface area contributed by atoms with E-state index in [2.05, 4.69) is 16.4 Å². The predicted molar refractivity (Wildman–Crippen MR) is 84.2 cm³/mol. The van der Waals surface area contributed by atoms with E-state index in [0.29, 0.717) is 10.6 Å². The summed E-state index contributed by atoms with van der Waals surface area (Å²) in [5.41, 5.74) is 3.49. The highest BCUT2D eigenvalue weighted by Crippen LogP contribution is 2.20. The van der Waals surface area contributed by atoms with Crippen LogP contribution in [-0.2, 0) is 4.79 Å². The standard InChI is InChI=1S/C16H15N3OS/c1-11-5-6-14(12(2)8-11)19-15(20)10-21-16-13(9-17)4-3-7-18-16/h3-8H,10H2,1-2H3,(H,19,20). The number of benzene rings is 1. The largest absolute Gasteiger partial charge is 0.325 e. The zero-order valence-electron chi connectivity index (χ0n) is 11.9. The second-order valence-corrected chi connectivity index (χ2v) is 5.59. The average molecular weight is 297 g/mol. The third kappa shape index (κ3) is 4.07. The van der Waals surface area contributed by atoms with Gasteiger partial charge in [0.15, 0.2) is 0 Å². The fourth-order valence-corrected chi connectivity index (χ4v) is 2.61. The molecule has 0 fully saturated rings. The van der Waals surface area contributed by atoms with E-state index in [9.17, 15) is 4.79 Å². The zero-order valence-corrected chi connectivity index (χ0v) is 12.7. The summed E-state index contributed by atoms with van der Waals surface area (Å²) >= 11 is 1.26. The van der Waals surface area contributed by atoms with Crippen molar-refractivity contribution in [1.29, 1.82) is 5.26 Å². The second kappa shape index (κ2) is 6.91. The van der Waals surface area contributed by atoms with Crippen LogP contribution in [0.2, 0.25) is 0 Å². The molecule has 5 heteroatoms. The van der Waals surface area contributed by atoms with Crippen LogP contribution in [0.3, 0.4) is 0 Å². The Labute approximate surface area is 128 Å². The number of nitrogens with one attached hydrogen (secondary N) is 1. The summed E-state index contributed by atoms with van der Waals surface area (Å²) < 4.78 is 0. The molecule has 1 aromatic carbocycles. The van der Waals surface area contributed by atoms with Crippen molar-refractivity contribution < 1.29 is 4.79 Å². The smallest absolute Gasteiger partial charge is 0.234 e. The minimum Gasteiger partial charge on any atom is -0.325 e. The van der Waals surface area contributed by atoms with Crippen LogP contribution >= 0.6 is 11.8 Å². The van der Waals surface area contributed by atoms with Crippen LogP contribution in [0.15, 0.2) is 41.6 Å². The van der Waals surface area contributed by atoms with Crippen molar-refractivity contribution in [2.24, 2.45) is 0 Å². The quantitative estimate of drug-likeness (QED) is 0.879. The molecule has 1 amide bonds. The minimum atomic E-state index is -0.110.